The van der Waals surface area contributed by atoms with Crippen molar-refractivity contribution in [2.24, 2.45) is 0 Å². The molecule has 2 aromatic rings. The van der Waals surface area contributed by atoms with E-state index in [-0.39, 0.29) is 23.6 Å². The molecule has 2 N–H and O–H groups in total. The van der Waals surface area contributed by atoms with Crippen LogP contribution < -0.4 is 5.32 Å². The van der Waals surface area contributed by atoms with Crippen molar-refractivity contribution in [3.05, 3.63) is 51.9 Å². The fourth-order valence-corrected chi connectivity index (χ4v) is 2.12. The van der Waals surface area contributed by atoms with Crippen molar-refractivity contribution >= 4 is 27.6 Å². The Labute approximate surface area is 125 Å². The minimum absolute atomic E-state index is 0.0944. The molecule has 1 heterocycles. The highest BCUT2D eigenvalue weighted by molar-refractivity contribution is 9.10. The molecule has 21 heavy (non-hydrogen) atoms. The number of furan rings is 1. The fourth-order valence-electron chi connectivity index (χ4n) is 1.76. The Morgan fingerprint density at radius 1 is 1.33 bits per heavy atom. The summed E-state index contributed by atoms with van der Waals surface area (Å²) in [6, 6.07) is 5.08. The maximum atomic E-state index is 12.9. The first kappa shape index (κ1) is 15.4. The zero-order valence-corrected chi connectivity index (χ0v) is 12.0. The molecular weight excluding hydrogens is 355 g/mol. The zero-order valence-electron chi connectivity index (χ0n) is 10.4. The minimum Gasteiger partial charge on any atom is -0.475 e. The van der Waals surface area contributed by atoms with Gasteiger partial charge in [0, 0.05) is 22.3 Å². The van der Waals surface area contributed by atoms with Gasteiger partial charge in [-0.2, -0.15) is 13.2 Å². The number of carboxylic acids is 1. The molecule has 0 saturated carbocycles. The maximum absolute atomic E-state index is 12.9. The number of carboxylic acid groups (broad SMARTS) is 1. The van der Waals surface area contributed by atoms with Crippen molar-refractivity contribution in [1.82, 2.24) is 0 Å². The Kier molecular flexibility index (Phi) is 4.26. The monoisotopic (exact) mass is 363 g/mol. The van der Waals surface area contributed by atoms with Crippen LogP contribution in [-0.2, 0) is 12.7 Å². The Balaban J connectivity index is 2.24. The van der Waals surface area contributed by atoms with E-state index in [1.807, 2.05) is 0 Å². The lowest BCUT2D eigenvalue weighted by Crippen LogP contribution is -2.11. The van der Waals surface area contributed by atoms with Crippen LogP contribution in [0.3, 0.4) is 0 Å². The minimum atomic E-state index is -4.52. The third kappa shape index (κ3) is 3.57. The molecule has 0 radical (unpaired) electrons. The predicted octanol–water partition coefficient (Wildman–Crippen LogP) is 4.37. The third-order valence-corrected chi connectivity index (χ3v) is 3.19. The van der Waals surface area contributed by atoms with Gasteiger partial charge in [-0.3, -0.25) is 0 Å². The molecular formula is C13H9BrF3NO3. The van der Waals surface area contributed by atoms with Gasteiger partial charge >= 0.3 is 12.1 Å². The van der Waals surface area contributed by atoms with Crippen LogP contribution in [0.15, 0.2) is 39.4 Å². The first-order chi connectivity index (χ1) is 9.79. The number of hydrogen-bond donors (Lipinski definition) is 2. The molecule has 0 spiro atoms. The van der Waals surface area contributed by atoms with E-state index in [0.29, 0.717) is 4.47 Å². The van der Waals surface area contributed by atoms with Crippen LogP contribution in [-0.4, -0.2) is 11.1 Å². The van der Waals surface area contributed by atoms with Crippen LogP contribution in [0.25, 0.3) is 0 Å². The van der Waals surface area contributed by atoms with E-state index in [0.717, 1.165) is 6.07 Å². The molecule has 4 nitrogen and oxygen atoms in total. The largest absolute Gasteiger partial charge is 0.475 e. The summed E-state index contributed by atoms with van der Waals surface area (Å²) >= 11 is 2.99. The van der Waals surface area contributed by atoms with E-state index in [2.05, 4.69) is 21.2 Å². The van der Waals surface area contributed by atoms with Crippen LogP contribution >= 0.6 is 15.9 Å². The summed E-state index contributed by atoms with van der Waals surface area (Å²) in [5.74, 6) is -1.57. The quantitative estimate of drug-likeness (QED) is 0.846. The highest BCUT2D eigenvalue weighted by Gasteiger charge is 2.33. The molecule has 0 aliphatic rings. The number of carbonyl (C=O) groups is 1. The number of nitrogens with one attached hydrogen (secondary N) is 1. The van der Waals surface area contributed by atoms with Crippen molar-refractivity contribution in [2.75, 3.05) is 5.32 Å². The van der Waals surface area contributed by atoms with Gasteiger partial charge in [-0.15, -0.1) is 0 Å². The van der Waals surface area contributed by atoms with Gasteiger partial charge in [0.25, 0.3) is 0 Å². The average Bonchev–Trinajstić information content (AvgIpc) is 2.84. The number of hydrogen-bond acceptors (Lipinski definition) is 3. The SMILES string of the molecule is O=C(O)c1occc1CNc1ccc(Br)cc1C(F)(F)F. The van der Waals surface area contributed by atoms with E-state index in [1.54, 1.807) is 0 Å². The molecule has 0 bridgehead atoms. The molecule has 112 valence electrons. The molecule has 0 aliphatic carbocycles. The lowest BCUT2D eigenvalue weighted by molar-refractivity contribution is -0.137. The van der Waals surface area contributed by atoms with E-state index < -0.39 is 17.7 Å². The smallest absolute Gasteiger partial charge is 0.418 e. The Hall–Kier alpha value is -1.96. The number of halogens is 4. The number of benzene rings is 1. The number of alkyl halides is 3. The molecule has 8 heteroatoms. The first-order valence-electron chi connectivity index (χ1n) is 5.69. The zero-order chi connectivity index (χ0) is 15.6. The Bertz CT molecular complexity index is 667. The molecule has 0 aliphatic heterocycles. The second-order valence-electron chi connectivity index (χ2n) is 4.12. The molecule has 1 aromatic heterocycles. The predicted molar refractivity (Wildman–Crippen MR) is 72.1 cm³/mol. The highest BCUT2D eigenvalue weighted by atomic mass is 79.9. The van der Waals surface area contributed by atoms with Crippen molar-refractivity contribution in [1.29, 1.82) is 0 Å². The van der Waals surface area contributed by atoms with Gasteiger partial charge in [-0.05, 0) is 24.3 Å². The van der Waals surface area contributed by atoms with Gasteiger partial charge in [0.15, 0.2) is 0 Å². The van der Waals surface area contributed by atoms with Crippen molar-refractivity contribution in [2.45, 2.75) is 12.7 Å². The van der Waals surface area contributed by atoms with Crippen LogP contribution in [0.2, 0.25) is 0 Å². The van der Waals surface area contributed by atoms with Crippen LogP contribution in [0, 0.1) is 0 Å². The summed E-state index contributed by atoms with van der Waals surface area (Å²) in [5, 5.41) is 11.4. The number of aromatic carboxylic acids is 1. The van der Waals surface area contributed by atoms with Crippen LogP contribution in [0.5, 0.6) is 0 Å². The van der Waals surface area contributed by atoms with E-state index in [9.17, 15) is 18.0 Å². The molecule has 0 saturated heterocycles. The topological polar surface area (TPSA) is 62.5 Å². The fraction of sp³-hybridized carbons (Fsp3) is 0.154. The van der Waals surface area contributed by atoms with Crippen molar-refractivity contribution in [3.63, 3.8) is 0 Å². The highest BCUT2D eigenvalue weighted by Crippen LogP contribution is 2.36. The summed E-state index contributed by atoms with van der Waals surface area (Å²) in [6.07, 6.45) is -3.34. The lowest BCUT2D eigenvalue weighted by atomic mass is 10.1. The molecule has 0 unspecified atom stereocenters. The number of rotatable bonds is 4. The second-order valence-corrected chi connectivity index (χ2v) is 5.04. The third-order valence-electron chi connectivity index (χ3n) is 2.70. The van der Waals surface area contributed by atoms with Gasteiger partial charge in [0.2, 0.25) is 5.76 Å². The van der Waals surface area contributed by atoms with Crippen LogP contribution in [0.1, 0.15) is 21.7 Å². The van der Waals surface area contributed by atoms with E-state index >= 15 is 0 Å². The average molecular weight is 364 g/mol. The van der Waals surface area contributed by atoms with E-state index in [4.69, 9.17) is 9.52 Å². The first-order valence-corrected chi connectivity index (χ1v) is 6.48. The van der Waals surface area contributed by atoms with Gasteiger partial charge < -0.3 is 14.8 Å². The van der Waals surface area contributed by atoms with Crippen molar-refractivity contribution in [3.8, 4) is 0 Å². The van der Waals surface area contributed by atoms with Gasteiger partial charge in [-0.25, -0.2) is 4.79 Å². The standard InChI is InChI=1S/C13H9BrF3NO3/c14-8-1-2-10(9(5-8)13(15,16)17)18-6-7-3-4-21-11(7)12(19)20/h1-5,18H,6H2,(H,19,20). The van der Waals surface area contributed by atoms with Crippen LogP contribution in [0.4, 0.5) is 18.9 Å². The number of anilines is 1. The molecule has 0 atom stereocenters. The van der Waals surface area contributed by atoms with Gasteiger partial charge in [0.1, 0.15) is 0 Å². The van der Waals surface area contributed by atoms with Crippen molar-refractivity contribution < 1.29 is 27.5 Å². The molecule has 1 aromatic carbocycles. The van der Waals surface area contributed by atoms with E-state index in [1.165, 1.54) is 24.5 Å². The Morgan fingerprint density at radius 3 is 2.67 bits per heavy atom. The van der Waals surface area contributed by atoms with Gasteiger partial charge in [-0.1, -0.05) is 15.9 Å². The summed E-state index contributed by atoms with van der Waals surface area (Å²) in [4.78, 5) is 10.9. The summed E-state index contributed by atoms with van der Waals surface area (Å²) in [7, 11) is 0. The molecule has 0 amide bonds. The Morgan fingerprint density at radius 2 is 2.05 bits per heavy atom. The lowest BCUT2D eigenvalue weighted by Gasteiger charge is -2.14. The summed E-state index contributed by atoms with van der Waals surface area (Å²) < 4.78 is 43.8. The second kappa shape index (κ2) is 5.80. The summed E-state index contributed by atoms with van der Waals surface area (Å²) in [6.45, 7) is -0.0944. The normalized spacial score (nSPS) is 11.4. The summed E-state index contributed by atoms with van der Waals surface area (Å²) in [5.41, 5.74) is -0.709. The molecule has 0 fully saturated rings. The van der Waals surface area contributed by atoms with Gasteiger partial charge in [0.05, 0.1) is 11.8 Å². The maximum Gasteiger partial charge on any atom is 0.418 e. The molecule has 2 rings (SSSR count).